The summed E-state index contributed by atoms with van der Waals surface area (Å²) in [6, 6.07) is 6.25. The van der Waals surface area contributed by atoms with Gasteiger partial charge in [0.2, 0.25) is 0 Å². The van der Waals surface area contributed by atoms with Crippen LogP contribution < -0.4 is 16.0 Å². The highest BCUT2D eigenvalue weighted by molar-refractivity contribution is 5.36. The maximum atomic E-state index is 14.2. The van der Waals surface area contributed by atoms with Crippen molar-refractivity contribution in [1.82, 2.24) is 15.2 Å². The van der Waals surface area contributed by atoms with Gasteiger partial charge in [-0.1, -0.05) is 12.1 Å². The van der Waals surface area contributed by atoms with Crippen molar-refractivity contribution in [2.45, 2.75) is 6.04 Å². The Bertz CT molecular complexity index is 541. The van der Waals surface area contributed by atoms with Crippen molar-refractivity contribution in [3.05, 3.63) is 47.5 Å². The summed E-state index contributed by atoms with van der Waals surface area (Å²) in [5.74, 6) is 5.29. The second-order valence-corrected chi connectivity index (χ2v) is 3.84. The molecule has 0 radical (unpaired) electrons. The van der Waals surface area contributed by atoms with E-state index in [1.165, 1.54) is 7.11 Å². The summed E-state index contributed by atoms with van der Waals surface area (Å²) < 4.78 is 20.8. The lowest BCUT2D eigenvalue weighted by Crippen LogP contribution is -2.31. The van der Waals surface area contributed by atoms with E-state index in [2.05, 4.69) is 10.5 Å². The summed E-state index contributed by atoms with van der Waals surface area (Å²) >= 11 is 0. The number of hydrazine groups is 1. The first-order chi connectivity index (χ1) is 8.69. The summed E-state index contributed by atoms with van der Waals surface area (Å²) in [5, 5.41) is 4.05. The van der Waals surface area contributed by atoms with Crippen LogP contribution in [0.2, 0.25) is 0 Å². The number of nitrogens with two attached hydrogens (primary N) is 1. The highest BCUT2D eigenvalue weighted by atomic mass is 19.1. The van der Waals surface area contributed by atoms with Gasteiger partial charge in [-0.2, -0.15) is 5.10 Å². The van der Waals surface area contributed by atoms with E-state index in [4.69, 9.17) is 10.6 Å². The molecule has 0 saturated carbocycles. The zero-order valence-corrected chi connectivity index (χ0v) is 10.2. The van der Waals surface area contributed by atoms with Crippen molar-refractivity contribution in [2.24, 2.45) is 12.9 Å². The summed E-state index contributed by atoms with van der Waals surface area (Å²) in [6.45, 7) is 0. The van der Waals surface area contributed by atoms with Crippen LogP contribution in [0.3, 0.4) is 0 Å². The van der Waals surface area contributed by atoms with Gasteiger partial charge in [-0.15, -0.1) is 0 Å². The normalized spacial score (nSPS) is 12.4. The summed E-state index contributed by atoms with van der Waals surface area (Å²) in [4.78, 5) is 0. The molecule has 0 saturated heterocycles. The van der Waals surface area contributed by atoms with E-state index in [0.29, 0.717) is 5.56 Å². The molecule has 0 bridgehead atoms. The standard InChI is InChI=1S/C12H15FN4O/c1-17-9(6-7-15-17)12(16-14)8-4-3-5-10(18-2)11(8)13/h3-7,12,16H,14H2,1-2H3. The minimum atomic E-state index is -0.479. The zero-order valence-electron chi connectivity index (χ0n) is 10.2. The van der Waals surface area contributed by atoms with Crippen LogP contribution in [0.15, 0.2) is 30.5 Å². The third-order valence-corrected chi connectivity index (χ3v) is 2.85. The Morgan fingerprint density at radius 1 is 1.44 bits per heavy atom. The molecule has 1 atom stereocenters. The Hall–Kier alpha value is -1.92. The average molecular weight is 250 g/mol. The molecule has 0 aliphatic rings. The molecule has 18 heavy (non-hydrogen) atoms. The predicted molar refractivity (Wildman–Crippen MR) is 65.3 cm³/mol. The number of ether oxygens (including phenoxy) is 1. The first kappa shape index (κ1) is 12.5. The lowest BCUT2D eigenvalue weighted by Gasteiger charge is -2.18. The van der Waals surface area contributed by atoms with Crippen molar-refractivity contribution in [1.29, 1.82) is 0 Å². The lowest BCUT2D eigenvalue weighted by atomic mass is 10.0. The minimum absolute atomic E-state index is 0.190. The molecular formula is C12H15FN4O. The van der Waals surface area contributed by atoms with Crippen LogP contribution in [-0.2, 0) is 7.05 Å². The van der Waals surface area contributed by atoms with Crippen LogP contribution in [-0.4, -0.2) is 16.9 Å². The monoisotopic (exact) mass is 250 g/mol. The second kappa shape index (κ2) is 5.16. The first-order valence-corrected chi connectivity index (χ1v) is 5.45. The van der Waals surface area contributed by atoms with Crippen LogP contribution in [0.25, 0.3) is 0 Å². The van der Waals surface area contributed by atoms with Gasteiger partial charge in [-0.05, 0) is 12.1 Å². The Morgan fingerprint density at radius 2 is 2.22 bits per heavy atom. The third kappa shape index (κ3) is 2.07. The molecule has 0 amide bonds. The number of nitrogens with zero attached hydrogens (tertiary/aromatic N) is 2. The van der Waals surface area contributed by atoms with Crippen LogP contribution in [0.5, 0.6) is 5.75 Å². The second-order valence-electron chi connectivity index (χ2n) is 3.84. The molecular weight excluding hydrogens is 235 g/mol. The van der Waals surface area contributed by atoms with Crippen LogP contribution in [0.4, 0.5) is 4.39 Å². The molecule has 5 nitrogen and oxygen atoms in total. The molecule has 0 spiro atoms. The van der Waals surface area contributed by atoms with Gasteiger partial charge in [0.1, 0.15) is 0 Å². The number of aryl methyl sites for hydroxylation is 1. The number of halogens is 1. The molecule has 0 aliphatic heterocycles. The molecule has 2 rings (SSSR count). The van der Waals surface area contributed by atoms with Crippen molar-refractivity contribution in [3.63, 3.8) is 0 Å². The Kier molecular flexibility index (Phi) is 3.59. The smallest absolute Gasteiger partial charge is 0.170 e. The van der Waals surface area contributed by atoms with Crippen molar-refractivity contribution < 1.29 is 9.13 Å². The number of benzene rings is 1. The van der Waals surface area contributed by atoms with E-state index < -0.39 is 11.9 Å². The number of aromatic nitrogens is 2. The van der Waals surface area contributed by atoms with E-state index in [9.17, 15) is 4.39 Å². The van der Waals surface area contributed by atoms with E-state index in [-0.39, 0.29) is 5.75 Å². The molecule has 2 aromatic rings. The predicted octanol–water partition coefficient (Wildman–Crippen LogP) is 1.12. The molecule has 3 N–H and O–H groups in total. The highest BCUT2D eigenvalue weighted by Gasteiger charge is 2.21. The molecule has 1 heterocycles. The minimum Gasteiger partial charge on any atom is -0.494 e. The number of hydrogen-bond donors (Lipinski definition) is 2. The molecule has 0 aliphatic carbocycles. The van der Waals surface area contributed by atoms with Crippen molar-refractivity contribution in [2.75, 3.05) is 7.11 Å². The van der Waals surface area contributed by atoms with Gasteiger partial charge in [0.05, 0.1) is 18.8 Å². The fourth-order valence-electron chi connectivity index (χ4n) is 1.91. The van der Waals surface area contributed by atoms with Gasteiger partial charge in [0.25, 0.3) is 0 Å². The Labute approximate surface area is 104 Å². The van der Waals surface area contributed by atoms with Crippen LogP contribution in [0, 0.1) is 5.82 Å². The average Bonchev–Trinajstić information content (AvgIpc) is 2.79. The van der Waals surface area contributed by atoms with Gasteiger partial charge in [0.15, 0.2) is 11.6 Å². The maximum absolute atomic E-state index is 14.2. The first-order valence-electron chi connectivity index (χ1n) is 5.45. The number of hydrogen-bond acceptors (Lipinski definition) is 4. The molecule has 1 unspecified atom stereocenters. The zero-order chi connectivity index (χ0) is 13.1. The Morgan fingerprint density at radius 3 is 2.78 bits per heavy atom. The van der Waals surface area contributed by atoms with Gasteiger partial charge in [0, 0.05) is 18.8 Å². The van der Waals surface area contributed by atoms with Crippen molar-refractivity contribution >= 4 is 0 Å². The SMILES string of the molecule is COc1cccc(C(NN)c2ccnn2C)c1F. The number of methoxy groups -OCH3 is 1. The van der Waals surface area contributed by atoms with Gasteiger partial charge in [-0.3, -0.25) is 10.5 Å². The quantitative estimate of drug-likeness (QED) is 0.630. The van der Waals surface area contributed by atoms with E-state index in [1.807, 2.05) is 0 Å². The molecule has 0 fully saturated rings. The number of rotatable bonds is 4. The molecule has 1 aromatic heterocycles. The topological polar surface area (TPSA) is 65.1 Å². The van der Waals surface area contributed by atoms with Gasteiger partial charge < -0.3 is 4.74 Å². The largest absolute Gasteiger partial charge is 0.494 e. The fraction of sp³-hybridized carbons (Fsp3) is 0.250. The molecule has 1 aromatic carbocycles. The van der Waals surface area contributed by atoms with Gasteiger partial charge >= 0.3 is 0 Å². The molecule has 96 valence electrons. The van der Waals surface area contributed by atoms with Crippen LogP contribution in [0.1, 0.15) is 17.3 Å². The number of nitrogens with one attached hydrogen (secondary N) is 1. The Balaban J connectivity index is 2.49. The van der Waals surface area contributed by atoms with Gasteiger partial charge in [-0.25, -0.2) is 9.82 Å². The lowest BCUT2D eigenvalue weighted by molar-refractivity contribution is 0.381. The van der Waals surface area contributed by atoms with E-state index in [0.717, 1.165) is 5.69 Å². The molecule has 6 heteroatoms. The highest BCUT2D eigenvalue weighted by Crippen LogP contribution is 2.28. The van der Waals surface area contributed by atoms with E-state index >= 15 is 0 Å². The maximum Gasteiger partial charge on any atom is 0.170 e. The summed E-state index contributed by atoms with van der Waals surface area (Å²) in [7, 11) is 3.20. The van der Waals surface area contributed by atoms with E-state index in [1.54, 1.807) is 42.2 Å². The van der Waals surface area contributed by atoms with Crippen molar-refractivity contribution in [3.8, 4) is 5.75 Å². The fourth-order valence-corrected chi connectivity index (χ4v) is 1.91. The van der Waals surface area contributed by atoms with Crippen LogP contribution >= 0.6 is 0 Å². The third-order valence-electron chi connectivity index (χ3n) is 2.85. The summed E-state index contributed by atoms with van der Waals surface area (Å²) in [5.41, 5.74) is 3.78. The summed E-state index contributed by atoms with van der Waals surface area (Å²) in [6.07, 6.45) is 1.64.